The molecule has 0 aromatic carbocycles. The van der Waals surface area contributed by atoms with Gasteiger partial charge in [-0.25, -0.2) is 0 Å². The van der Waals surface area contributed by atoms with Crippen LogP contribution in [0.5, 0.6) is 0 Å². The molecule has 3 aliphatic heterocycles. The second kappa shape index (κ2) is 27.0. The molecule has 3 aliphatic rings. The first-order chi connectivity index (χ1) is 30.2. The topological polar surface area (TPSA) is 316 Å². The van der Waals surface area contributed by atoms with E-state index in [1.165, 1.54) is 6.08 Å². The van der Waals surface area contributed by atoms with Gasteiger partial charge in [0.05, 0.1) is 74.0 Å². The highest BCUT2D eigenvalue weighted by atomic mass is 16.7. The number of ether oxygens (including phenoxy) is 4. The molecule has 14 unspecified atom stereocenters. The lowest BCUT2D eigenvalue weighted by Crippen LogP contribution is -2.59. The maximum Gasteiger partial charge on any atom is 0.311 e. The lowest BCUT2D eigenvalue weighted by molar-refractivity contribution is -0.307. The Labute approximate surface area is 374 Å². The van der Waals surface area contributed by atoms with Crippen LogP contribution in [0.4, 0.5) is 0 Å². The van der Waals surface area contributed by atoms with Gasteiger partial charge in [0.25, 0.3) is 0 Å². The fourth-order valence-electron chi connectivity index (χ4n) is 7.56. The van der Waals surface area contributed by atoms with E-state index < -0.39 is 147 Å². The molecule has 3 rings (SSSR count). The summed E-state index contributed by atoms with van der Waals surface area (Å²) >= 11 is 0. The molecule has 3 heterocycles. The van der Waals surface area contributed by atoms with E-state index in [0.29, 0.717) is 0 Å². The average Bonchev–Trinajstić information content (AvgIpc) is 3.21. The number of carboxylic acids is 1. The minimum Gasteiger partial charge on any atom is -0.481 e. The van der Waals surface area contributed by atoms with Gasteiger partial charge in [0.1, 0.15) is 23.9 Å². The van der Waals surface area contributed by atoms with Crippen LogP contribution in [-0.4, -0.2) is 161 Å². The van der Waals surface area contributed by atoms with Crippen molar-refractivity contribution in [3.05, 3.63) is 85.1 Å². The number of carbonyl (C=O) groups is 3. The van der Waals surface area contributed by atoms with Crippen LogP contribution in [0.25, 0.3) is 0 Å². The third-order valence-corrected chi connectivity index (χ3v) is 11.5. The number of rotatable bonds is 3. The van der Waals surface area contributed by atoms with E-state index in [9.17, 15) is 65.4 Å². The van der Waals surface area contributed by atoms with Gasteiger partial charge in [-0.2, -0.15) is 0 Å². The van der Waals surface area contributed by atoms with Crippen LogP contribution in [0.15, 0.2) is 85.1 Å². The van der Waals surface area contributed by atoms with E-state index in [2.05, 4.69) is 0 Å². The van der Waals surface area contributed by atoms with Gasteiger partial charge in [-0.1, -0.05) is 98.9 Å². The van der Waals surface area contributed by atoms with E-state index in [1.54, 1.807) is 86.8 Å². The molecular weight excluding hydrogens is 838 g/mol. The molecule has 0 amide bonds. The SMILES string of the molecule is CC1/C=C/C=C/C=C/C=C/C=C/C=C/C=C/C(OC2OC[C@@H](O)[C@H](N)[C@H]2O)CC2OC(O)(CC(O)C(O)CCC(O)CC(=O)CC(O)CC(=O)OC(C)C(C)C1O)CC(O)C2C(=O)O. The molecule has 2 bridgehead atoms. The van der Waals surface area contributed by atoms with Crippen LogP contribution >= 0.6 is 0 Å². The number of ketones is 1. The number of hydrogen-bond acceptors (Lipinski definition) is 17. The number of aliphatic hydroxyl groups excluding tert-OH is 8. The largest absolute Gasteiger partial charge is 0.481 e. The molecule has 360 valence electrons. The minimum absolute atomic E-state index is 0.200. The molecule has 0 spiro atoms. The number of Topliss-reactive ketones (excluding diaryl/α,β-unsaturated/α-hetero) is 1. The summed E-state index contributed by atoms with van der Waals surface area (Å²) in [4.78, 5) is 37.6. The van der Waals surface area contributed by atoms with Gasteiger partial charge in [0.15, 0.2) is 12.1 Å². The number of nitrogens with two attached hydrogens (primary N) is 1. The van der Waals surface area contributed by atoms with Gasteiger partial charge in [0.2, 0.25) is 0 Å². The highest BCUT2D eigenvalue weighted by molar-refractivity contribution is 5.80. The molecule has 17 atom stereocenters. The lowest BCUT2D eigenvalue weighted by Gasteiger charge is -2.45. The molecule has 0 aromatic rings. The molecule has 2 fully saturated rings. The lowest BCUT2D eigenvalue weighted by atomic mass is 9.82. The zero-order chi connectivity index (χ0) is 47.6. The fourth-order valence-corrected chi connectivity index (χ4v) is 7.56. The highest BCUT2D eigenvalue weighted by Crippen LogP contribution is 2.38. The Bertz CT molecular complexity index is 1680. The molecule has 2 saturated heterocycles. The second-order valence-electron chi connectivity index (χ2n) is 17.0. The Hall–Kier alpha value is -3.73. The first-order valence-electron chi connectivity index (χ1n) is 21.7. The Morgan fingerprint density at radius 2 is 1.25 bits per heavy atom. The van der Waals surface area contributed by atoms with Crippen molar-refractivity contribution in [1.29, 1.82) is 0 Å². The van der Waals surface area contributed by atoms with Gasteiger partial charge in [-0.05, 0) is 19.8 Å². The Kier molecular flexibility index (Phi) is 23.1. The van der Waals surface area contributed by atoms with Gasteiger partial charge in [0, 0.05) is 43.9 Å². The van der Waals surface area contributed by atoms with Gasteiger partial charge < -0.3 is 75.7 Å². The molecule has 18 nitrogen and oxygen atoms in total. The smallest absolute Gasteiger partial charge is 0.311 e. The van der Waals surface area contributed by atoms with Gasteiger partial charge in [-0.3, -0.25) is 14.4 Å². The number of allylic oxidation sites excluding steroid dienone is 12. The van der Waals surface area contributed by atoms with Crippen LogP contribution in [0, 0.1) is 17.8 Å². The summed E-state index contributed by atoms with van der Waals surface area (Å²) < 4.78 is 22.8. The summed E-state index contributed by atoms with van der Waals surface area (Å²) in [5, 5.41) is 107. The summed E-state index contributed by atoms with van der Waals surface area (Å²) in [6, 6.07) is -1.13. The maximum absolute atomic E-state index is 12.6. The van der Waals surface area contributed by atoms with Crippen LogP contribution in [0.3, 0.4) is 0 Å². The van der Waals surface area contributed by atoms with Crippen molar-refractivity contribution in [3.63, 3.8) is 0 Å². The summed E-state index contributed by atoms with van der Waals surface area (Å²) in [6.45, 7) is 4.90. The monoisotopic (exact) mass is 907 g/mol. The molecule has 64 heavy (non-hydrogen) atoms. The first-order valence-corrected chi connectivity index (χ1v) is 21.7. The zero-order valence-corrected chi connectivity index (χ0v) is 36.6. The summed E-state index contributed by atoms with van der Waals surface area (Å²) in [6.07, 6.45) is 4.70. The number of aliphatic carboxylic acids is 1. The van der Waals surface area contributed by atoms with Gasteiger partial charge >= 0.3 is 11.9 Å². The molecule has 0 aromatic heterocycles. The van der Waals surface area contributed by atoms with E-state index in [4.69, 9.17) is 24.7 Å². The molecule has 18 heteroatoms. The summed E-state index contributed by atoms with van der Waals surface area (Å²) in [7, 11) is 0. The number of hydrogen-bond donors (Lipinski definition) is 11. The van der Waals surface area contributed by atoms with Crippen LogP contribution in [-0.2, 0) is 33.3 Å². The number of esters is 1. The van der Waals surface area contributed by atoms with E-state index >= 15 is 0 Å². The molecule has 12 N–H and O–H groups in total. The zero-order valence-electron chi connectivity index (χ0n) is 36.6. The van der Waals surface area contributed by atoms with E-state index in [1.807, 2.05) is 13.0 Å². The van der Waals surface area contributed by atoms with Crippen molar-refractivity contribution in [2.24, 2.45) is 23.5 Å². The quantitative estimate of drug-likeness (QED) is 0.172. The Morgan fingerprint density at radius 1 is 0.703 bits per heavy atom. The third kappa shape index (κ3) is 18.3. The van der Waals surface area contributed by atoms with Crippen LogP contribution in [0.2, 0.25) is 0 Å². The second-order valence-corrected chi connectivity index (χ2v) is 17.0. The number of carboxylic acid groups (broad SMARTS) is 1. The van der Waals surface area contributed by atoms with Crippen molar-refractivity contribution in [3.8, 4) is 0 Å². The predicted octanol–water partition coefficient (Wildman–Crippen LogP) is 0.531. The third-order valence-electron chi connectivity index (χ3n) is 11.5. The van der Waals surface area contributed by atoms with Crippen molar-refractivity contribution < 1.29 is 84.4 Å². The van der Waals surface area contributed by atoms with Crippen LogP contribution < -0.4 is 5.73 Å². The minimum atomic E-state index is -2.37. The van der Waals surface area contributed by atoms with Gasteiger partial charge in [-0.15, -0.1) is 0 Å². The first kappa shape index (κ1) is 54.6. The van der Waals surface area contributed by atoms with Crippen molar-refractivity contribution >= 4 is 17.7 Å². The number of fused-ring (bicyclic) bond motifs is 2. The molecule has 0 radical (unpaired) electrons. The normalized spacial score (nSPS) is 43.7. The van der Waals surface area contributed by atoms with Crippen LogP contribution in [0.1, 0.15) is 72.1 Å². The Morgan fingerprint density at radius 3 is 1.84 bits per heavy atom. The number of carbonyl (C=O) groups excluding carboxylic acids is 2. The van der Waals surface area contributed by atoms with Crippen molar-refractivity contribution in [2.75, 3.05) is 6.61 Å². The average molecular weight is 908 g/mol. The van der Waals surface area contributed by atoms with Crippen molar-refractivity contribution in [2.45, 2.75) is 157 Å². The molecular formula is C46H69NO17. The standard InChI is InChI=1S/C46H69NO17/c1-27-16-14-12-10-8-6-4-5-7-9-11-13-15-17-33(63-45-43(57)41(47)37(54)26-61-45)23-38-40(44(58)59)36(53)25-46(60,64-38)24-35(52)34(51)19-18-30(48)20-31(49)21-32(50)22-39(55)62-29(3)28(2)42(27)56/h4-17,27-30,32-38,40-43,45,48,50-54,56-57,60H,18-26,47H2,1-3H3,(H,58,59)/b5-4+,8-6+,9-7+,12-10+,13-11+,16-14+,17-15+/t27?,28?,29?,30?,32?,33?,34?,35?,36?,37-,38?,40?,41+,42?,43-,45?,46?/m1/s1. The summed E-state index contributed by atoms with van der Waals surface area (Å²) in [5.74, 6) is -7.55. The number of cyclic esters (lactones) is 1. The Balaban J connectivity index is 1.84. The van der Waals surface area contributed by atoms with Crippen molar-refractivity contribution in [1.82, 2.24) is 0 Å². The number of aliphatic hydroxyl groups is 9. The van der Waals surface area contributed by atoms with E-state index in [-0.39, 0.29) is 31.8 Å². The molecule has 0 saturated carbocycles. The molecule has 0 aliphatic carbocycles. The maximum atomic E-state index is 12.6. The highest BCUT2D eigenvalue weighted by Gasteiger charge is 2.51. The predicted molar refractivity (Wildman–Crippen MR) is 231 cm³/mol. The summed E-state index contributed by atoms with van der Waals surface area (Å²) in [5.41, 5.74) is 5.92. The fraction of sp³-hybridized carbons (Fsp3) is 0.630. The van der Waals surface area contributed by atoms with E-state index in [0.717, 1.165) is 0 Å².